The molecular weight excluding hydrogens is 310 g/mol. The van der Waals surface area contributed by atoms with E-state index < -0.39 is 0 Å². The molecule has 0 amide bonds. The third-order valence-corrected chi connectivity index (χ3v) is 5.13. The SMILES string of the molecule is CCOc1cccc(C(C)NC2CC[C@H](c3ccc(C=O)cc3)C2)c1. The molecule has 2 aromatic rings. The van der Waals surface area contributed by atoms with Crippen molar-refractivity contribution in [1.82, 2.24) is 5.32 Å². The van der Waals surface area contributed by atoms with Gasteiger partial charge in [0, 0.05) is 17.6 Å². The second kappa shape index (κ2) is 8.30. The van der Waals surface area contributed by atoms with Crippen LogP contribution in [0.2, 0.25) is 0 Å². The van der Waals surface area contributed by atoms with E-state index >= 15 is 0 Å². The Bertz CT molecular complexity index is 695. The normalized spacial score (nSPS) is 21.0. The fourth-order valence-electron chi connectivity index (χ4n) is 3.77. The quantitative estimate of drug-likeness (QED) is 0.731. The Hall–Kier alpha value is -2.13. The molecule has 1 fully saturated rings. The number of rotatable bonds is 7. The first-order chi connectivity index (χ1) is 12.2. The molecule has 1 N–H and O–H groups in total. The van der Waals surface area contributed by atoms with E-state index in [0.29, 0.717) is 24.6 Å². The Labute approximate surface area is 150 Å². The number of nitrogens with one attached hydrogen (secondary N) is 1. The summed E-state index contributed by atoms with van der Waals surface area (Å²) >= 11 is 0. The highest BCUT2D eigenvalue weighted by Crippen LogP contribution is 2.35. The molecule has 3 rings (SSSR count). The minimum absolute atomic E-state index is 0.307. The molecule has 3 nitrogen and oxygen atoms in total. The summed E-state index contributed by atoms with van der Waals surface area (Å²) in [5.74, 6) is 1.52. The maximum absolute atomic E-state index is 10.8. The van der Waals surface area contributed by atoms with Gasteiger partial charge in [0.15, 0.2) is 0 Å². The van der Waals surface area contributed by atoms with E-state index in [4.69, 9.17) is 4.74 Å². The van der Waals surface area contributed by atoms with Crippen LogP contribution in [-0.4, -0.2) is 18.9 Å². The lowest BCUT2D eigenvalue weighted by atomic mass is 9.96. The molecule has 132 valence electrons. The average molecular weight is 337 g/mol. The second-order valence-corrected chi connectivity index (χ2v) is 6.89. The lowest BCUT2D eigenvalue weighted by Gasteiger charge is -2.21. The molecular formula is C22H27NO2. The van der Waals surface area contributed by atoms with Gasteiger partial charge in [0.25, 0.3) is 0 Å². The highest BCUT2D eigenvalue weighted by molar-refractivity contribution is 5.74. The van der Waals surface area contributed by atoms with Crippen molar-refractivity contribution in [1.29, 1.82) is 0 Å². The van der Waals surface area contributed by atoms with Crippen LogP contribution in [0.4, 0.5) is 0 Å². The number of hydrogen-bond acceptors (Lipinski definition) is 3. The molecule has 3 atom stereocenters. The number of carbonyl (C=O) groups excluding carboxylic acids is 1. The number of ether oxygens (including phenoxy) is 1. The predicted molar refractivity (Wildman–Crippen MR) is 101 cm³/mol. The number of aldehydes is 1. The van der Waals surface area contributed by atoms with Gasteiger partial charge in [-0.25, -0.2) is 0 Å². The zero-order valence-corrected chi connectivity index (χ0v) is 15.1. The van der Waals surface area contributed by atoms with Gasteiger partial charge in [-0.15, -0.1) is 0 Å². The van der Waals surface area contributed by atoms with Crippen LogP contribution in [0.15, 0.2) is 48.5 Å². The van der Waals surface area contributed by atoms with Gasteiger partial charge in [0.1, 0.15) is 12.0 Å². The third kappa shape index (κ3) is 4.49. The van der Waals surface area contributed by atoms with Gasteiger partial charge in [-0.1, -0.05) is 36.4 Å². The standard InChI is InChI=1S/C22H27NO2/c1-3-25-22-6-4-5-19(14-22)16(2)23-21-12-11-20(13-21)18-9-7-17(15-24)8-10-18/h4-10,14-16,20-21,23H,3,11-13H2,1-2H3/t16?,20-,21?/m0/s1. The van der Waals surface area contributed by atoms with Crippen LogP contribution in [0.5, 0.6) is 5.75 Å². The fraction of sp³-hybridized carbons (Fsp3) is 0.409. The summed E-state index contributed by atoms with van der Waals surface area (Å²) in [5, 5.41) is 3.77. The molecule has 0 bridgehead atoms. The van der Waals surface area contributed by atoms with Crippen LogP contribution in [0.25, 0.3) is 0 Å². The molecule has 1 aliphatic carbocycles. The van der Waals surface area contributed by atoms with E-state index in [1.807, 2.05) is 25.1 Å². The van der Waals surface area contributed by atoms with Crippen LogP contribution < -0.4 is 10.1 Å². The summed E-state index contributed by atoms with van der Waals surface area (Å²) in [6.45, 7) is 4.92. The van der Waals surface area contributed by atoms with Crippen LogP contribution in [0, 0.1) is 0 Å². The third-order valence-electron chi connectivity index (χ3n) is 5.13. The summed E-state index contributed by atoms with van der Waals surface area (Å²) < 4.78 is 5.61. The molecule has 25 heavy (non-hydrogen) atoms. The minimum Gasteiger partial charge on any atom is -0.494 e. The van der Waals surface area contributed by atoms with Crippen LogP contribution >= 0.6 is 0 Å². The summed E-state index contributed by atoms with van der Waals surface area (Å²) in [6, 6.07) is 17.2. The molecule has 2 aromatic carbocycles. The van der Waals surface area contributed by atoms with Crippen molar-refractivity contribution in [3.05, 3.63) is 65.2 Å². The van der Waals surface area contributed by atoms with Crippen molar-refractivity contribution in [2.45, 2.75) is 51.1 Å². The largest absolute Gasteiger partial charge is 0.494 e. The topological polar surface area (TPSA) is 38.3 Å². The fourth-order valence-corrected chi connectivity index (χ4v) is 3.77. The van der Waals surface area contributed by atoms with Gasteiger partial charge < -0.3 is 10.1 Å². The maximum atomic E-state index is 10.8. The monoisotopic (exact) mass is 337 g/mol. The van der Waals surface area contributed by atoms with Crippen molar-refractivity contribution in [2.24, 2.45) is 0 Å². The highest BCUT2D eigenvalue weighted by atomic mass is 16.5. The van der Waals surface area contributed by atoms with Gasteiger partial charge in [-0.3, -0.25) is 4.79 Å². The zero-order chi connectivity index (χ0) is 17.6. The Morgan fingerprint density at radius 1 is 1.20 bits per heavy atom. The van der Waals surface area contributed by atoms with Gasteiger partial charge in [-0.05, 0) is 62.3 Å². The molecule has 1 saturated carbocycles. The molecule has 1 aliphatic rings. The zero-order valence-electron chi connectivity index (χ0n) is 15.1. The summed E-state index contributed by atoms with van der Waals surface area (Å²) in [7, 11) is 0. The lowest BCUT2D eigenvalue weighted by molar-refractivity contribution is 0.112. The van der Waals surface area contributed by atoms with E-state index in [2.05, 4.69) is 42.6 Å². The second-order valence-electron chi connectivity index (χ2n) is 6.89. The first-order valence-corrected chi connectivity index (χ1v) is 9.23. The molecule has 2 unspecified atom stereocenters. The molecule has 0 aromatic heterocycles. The summed E-state index contributed by atoms with van der Waals surface area (Å²) in [6.07, 6.45) is 4.44. The van der Waals surface area contributed by atoms with E-state index in [0.717, 1.165) is 24.0 Å². The van der Waals surface area contributed by atoms with Crippen molar-refractivity contribution in [3.8, 4) is 5.75 Å². The van der Waals surface area contributed by atoms with E-state index in [-0.39, 0.29) is 0 Å². The summed E-state index contributed by atoms with van der Waals surface area (Å²) in [5.41, 5.74) is 3.37. The molecule has 0 radical (unpaired) electrons. The smallest absolute Gasteiger partial charge is 0.150 e. The molecule has 3 heteroatoms. The lowest BCUT2D eigenvalue weighted by Crippen LogP contribution is -2.29. The average Bonchev–Trinajstić information content (AvgIpc) is 3.11. The van der Waals surface area contributed by atoms with Crippen molar-refractivity contribution in [3.63, 3.8) is 0 Å². The Balaban J connectivity index is 1.58. The number of benzene rings is 2. The van der Waals surface area contributed by atoms with E-state index in [9.17, 15) is 4.79 Å². The summed E-state index contributed by atoms with van der Waals surface area (Å²) in [4.78, 5) is 10.8. The number of carbonyl (C=O) groups is 1. The Morgan fingerprint density at radius 3 is 2.72 bits per heavy atom. The van der Waals surface area contributed by atoms with Crippen LogP contribution in [0.1, 0.15) is 66.6 Å². The van der Waals surface area contributed by atoms with Crippen molar-refractivity contribution < 1.29 is 9.53 Å². The molecule has 0 heterocycles. The number of hydrogen-bond donors (Lipinski definition) is 1. The first-order valence-electron chi connectivity index (χ1n) is 9.23. The van der Waals surface area contributed by atoms with E-state index in [1.165, 1.54) is 24.0 Å². The van der Waals surface area contributed by atoms with Gasteiger partial charge in [0.05, 0.1) is 6.61 Å². The van der Waals surface area contributed by atoms with Crippen molar-refractivity contribution >= 4 is 6.29 Å². The Morgan fingerprint density at radius 2 is 2.00 bits per heavy atom. The molecule has 0 spiro atoms. The van der Waals surface area contributed by atoms with Crippen LogP contribution in [0.3, 0.4) is 0 Å². The van der Waals surface area contributed by atoms with Crippen molar-refractivity contribution in [2.75, 3.05) is 6.61 Å². The Kier molecular flexibility index (Phi) is 5.87. The van der Waals surface area contributed by atoms with Gasteiger partial charge in [-0.2, -0.15) is 0 Å². The maximum Gasteiger partial charge on any atom is 0.150 e. The van der Waals surface area contributed by atoms with E-state index in [1.54, 1.807) is 0 Å². The molecule has 0 aliphatic heterocycles. The first kappa shape index (κ1) is 17.7. The highest BCUT2D eigenvalue weighted by Gasteiger charge is 2.26. The molecule has 0 saturated heterocycles. The minimum atomic E-state index is 0.307. The van der Waals surface area contributed by atoms with Crippen LogP contribution in [-0.2, 0) is 0 Å². The van der Waals surface area contributed by atoms with Gasteiger partial charge >= 0.3 is 0 Å². The van der Waals surface area contributed by atoms with Gasteiger partial charge in [0.2, 0.25) is 0 Å². The predicted octanol–water partition coefficient (Wildman–Crippen LogP) is 4.88.